The Hall–Kier alpha value is -0.260. The number of hydrogen-bond donors (Lipinski definition) is 1. The lowest BCUT2D eigenvalue weighted by Gasteiger charge is -2.08. The lowest BCUT2D eigenvalue weighted by Crippen LogP contribution is -2.12. The van der Waals surface area contributed by atoms with Crippen LogP contribution in [-0.4, -0.2) is 6.54 Å². The van der Waals surface area contributed by atoms with Crippen molar-refractivity contribution < 1.29 is 4.74 Å². The van der Waals surface area contributed by atoms with Crippen molar-refractivity contribution >= 4 is 50.5 Å². The lowest BCUT2D eigenvalue weighted by atomic mass is 10.3. The monoisotopic (exact) mass is 407 g/mol. The van der Waals surface area contributed by atoms with Crippen molar-refractivity contribution in [3.05, 3.63) is 48.5 Å². The predicted octanol–water partition coefficient (Wildman–Crippen LogP) is 5.90. The highest BCUT2D eigenvalue weighted by atomic mass is 79.9. The van der Waals surface area contributed by atoms with Crippen LogP contribution in [0.1, 0.15) is 23.1 Å². The van der Waals surface area contributed by atoms with Gasteiger partial charge in [0.2, 0.25) is 0 Å². The molecule has 6 heteroatoms. The molecule has 2 nitrogen and oxygen atoms in total. The molecule has 0 saturated carbocycles. The summed E-state index contributed by atoms with van der Waals surface area (Å²) in [7, 11) is 0. The number of ether oxygens (including phenoxy) is 1. The SMILES string of the molecule is CCCNCc1ccc(COc2cc(Cl)c(Br)cc2Cl)s1. The fraction of sp³-hybridized carbons (Fsp3) is 0.333. The van der Waals surface area contributed by atoms with Crippen LogP contribution in [0.4, 0.5) is 0 Å². The van der Waals surface area contributed by atoms with Gasteiger partial charge in [-0.2, -0.15) is 0 Å². The zero-order valence-corrected chi connectivity index (χ0v) is 15.5. The van der Waals surface area contributed by atoms with E-state index < -0.39 is 0 Å². The molecule has 0 spiro atoms. The second kappa shape index (κ2) is 8.39. The van der Waals surface area contributed by atoms with Gasteiger partial charge in [-0.3, -0.25) is 0 Å². The maximum absolute atomic E-state index is 6.14. The average Bonchev–Trinajstić information content (AvgIpc) is 2.90. The third-order valence-corrected chi connectivity index (χ3v) is 5.34. The Bertz CT molecular complexity index is 603. The van der Waals surface area contributed by atoms with Crippen molar-refractivity contribution in [2.45, 2.75) is 26.5 Å². The van der Waals surface area contributed by atoms with E-state index in [0.717, 1.165) is 24.0 Å². The zero-order valence-electron chi connectivity index (χ0n) is 11.6. The van der Waals surface area contributed by atoms with Crippen molar-refractivity contribution in [3.63, 3.8) is 0 Å². The second-order valence-corrected chi connectivity index (χ2v) is 7.45. The van der Waals surface area contributed by atoms with Gasteiger partial charge < -0.3 is 10.1 Å². The highest BCUT2D eigenvalue weighted by Gasteiger charge is 2.08. The van der Waals surface area contributed by atoms with Crippen LogP contribution in [0, 0.1) is 0 Å². The number of benzene rings is 1. The van der Waals surface area contributed by atoms with Crippen molar-refractivity contribution in [2.75, 3.05) is 6.54 Å². The molecule has 2 rings (SSSR count). The topological polar surface area (TPSA) is 21.3 Å². The largest absolute Gasteiger partial charge is 0.486 e. The Morgan fingerprint density at radius 3 is 2.71 bits per heavy atom. The average molecular weight is 409 g/mol. The maximum atomic E-state index is 6.14. The van der Waals surface area contributed by atoms with Crippen LogP contribution in [0.15, 0.2) is 28.7 Å². The number of rotatable bonds is 7. The van der Waals surface area contributed by atoms with Crippen molar-refractivity contribution in [3.8, 4) is 5.75 Å². The van der Waals surface area contributed by atoms with Crippen LogP contribution < -0.4 is 10.1 Å². The third kappa shape index (κ3) is 5.15. The summed E-state index contributed by atoms with van der Waals surface area (Å²) < 4.78 is 6.52. The molecule has 114 valence electrons. The van der Waals surface area contributed by atoms with E-state index in [1.807, 2.05) is 0 Å². The summed E-state index contributed by atoms with van der Waals surface area (Å²) in [5, 5.41) is 4.52. The van der Waals surface area contributed by atoms with Gasteiger partial charge in [-0.1, -0.05) is 30.1 Å². The van der Waals surface area contributed by atoms with Gasteiger partial charge in [0.1, 0.15) is 12.4 Å². The fourth-order valence-corrected chi connectivity index (χ4v) is 3.50. The van der Waals surface area contributed by atoms with Gasteiger partial charge in [0.05, 0.1) is 10.0 Å². The maximum Gasteiger partial charge on any atom is 0.140 e. The standard InChI is InChI=1S/C15H16BrCl2NOS/c1-2-5-19-8-10-3-4-11(21-10)9-20-15-7-13(17)12(16)6-14(15)18/h3-4,6-7,19H,2,5,8-9H2,1H3. The zero-order chi connectivity index (χ0) is 15.2. The van der Waals surface area contributed by atoms with Crippen LogP contribution in [0.3, 0.4) is 0 Å². The minimum Gasteiger partial charge on any atom is -0.486 e. The third-order valence-electron chi connectivity index (χ3n) is 2.79. The first-order valence-corrected chi connectivity index (χ1v) is 9.02. The van der Waals surface area contributed by atoms with Crippen molar-refractivity contribution in [1.29, 1.82) is 0 Å². The van der Waals surface area contributed by atoms with Crippen LogP contribution in [0.5, 0.6) is 5.75 Å². The number of nitrogens with one attached hydrogen (secondary N) is 1. The molecule has 0 aliphatic rings. The van der Waals surface area contributed by atoms with Crippen LogP contribution in [0.25, 0.3) is 0 Å². The van der Waals surface area contributed by atoms with Gasteiger partial charge in [0, 0.05) is 26.8 Å². The molecule has 1 N–H and O–H groups in total. The molecule has 0 aliphatic carbocycles. The van der Waals surface area contributed by atoms with E-state index in [1.54, 1.807) is 23.5 Å². The first kappa shape index (κ1) is 17.1. The molecule has 0 bridgehead atoms. The fourth-order valence-electron chi connectivity index (χ4n) is 1.75. The normalized spacial score (nSPS) is 10.9. The molecule has 0 unspecified atom stereocenters. The quantitative estimate of drug-likeness (QED) is 0.455. The summed E-state index contributed by atoms with van der Waals surface area (Å²) >= 11 is 17.3. The minimum absolute atomic E-state index is 0.496. The molecule has 1 aromatic heterocycles. The summed E-state index contributed by atoms with van der Waals surface area (Å²) in [4.78, 5) is 2.47. The highest BCUT2D eigenvalue weighted by Crippen LogP contribution is 2.34. The summed E-state index contributed by atoms with van der Waals surface area (Å²) in [6, 6.07) is 7.68. The Kier molecular flexibility index (Phi) is 6.83. The molecule has 0 atom stereocenters. The predicted molar refractivity (Wildman–Crippen MR) is 94.8 cm³/mol. The Morgan fingerprint density at radius 2 is 1.95 bits per heavy atom. The molecule has 0 fully saturated rings. The number of hydrogen-bond acceptors (Lipinski definition) is 3. The highest BCUT2D eigenvalue weighted by molar-refractivity contribution is 9.10. The van der Waals surface area contributed by atoms with Gasteiger partial charge in [-0.15, -0.1) is 11.3 Å². The van der Waals surface area contributed by atoms with Gasteiger partial charge in [0.15, 0.2) is 0 Å². The van der Waals surface area contributed by atoms with Gasteiger partial charge in [-0.25, -0.2) is 0 Å². The molecule has 2 aromatic rings. The van der Waals surface area contributed by atoms with Crippen LogP contribution >= 0.6 is 50.5 Å². The number of halogens is 3. The molecule has 0 aliphatic heterocycles. The molecular formula is C15H16BrCl2NOS. The van der Waals surface area contributed by atoms with Gasteiger partial charge in [-0.05, 0) is 47.1 Å². The Labute approximate surface area is 147 Å². The molecule has 1 heterocycles. The van der Waals surface area contributed by atoms with Crippen LogP contribution in [-0.2, 0) is 13.2 Å². The second-order valence-electron chi connectivity index (χ2n) is 4.53. The van der Waals surface area contributed by atoms with Crippen molar-refractivity contribution in [1.82, 2.24) is 5.32 Å². The van der Waals surface area contributed by atoms with Crippen molar-refractivity contribution in [2.24, 2.45) is 0 Å². The first-order chi connectivity index (χ1) is 10.1. The lowest BCUT2D eigenvalue weighted by molar-refractivity contribution is 0.310. The van der Waals surface area contributed by atoms with E-state index in [4.69, 9.17) is 27.9 Å². The molecule has 21 heavy (non-hydrogen) atoms. The minimum atomic E-state index is 0.496. The first-order valence-electron chi connectivity index (χ1n) is 6.65. The molecule has 0 saturated heterocycles. The van der Waals surface area contributed by atoms with Crippen LogP contribution in [0.2, 0.25) is 10.0 Å². The summed E-state index contributed by atoms with van der Waals surface area (Å²) in [5.74, 6) is 0.601. The molecule has 1 aromatic carbocycles. The Balaban J connectivity index is 1.92. The van der Waals surface area contributed by atoms with Gasteiger partial charge >= 0.3 is 0 Å². The van der Waals surface area contributed by atoms with E-state index in [0.29, 0.717) is 22.4 Å². The van der Waals surface area contributed by atoms with E-state index in [9.17, 15) is 0 Å². The number of thiophene rings is 1. The summed E-state index contributed by atoms with van der Waals surface area (Å²) in [5.41, 5.74) is 0. The summed E-state index contributed by atoms with van der Waals surface area (Å²) in [6.07, 6.45) is 1.14. The Morgan fingerprint density at radius 1 is 1.19 bits per heavy atom. The summed E-state index contributed by atoms with van der Waals surface area (Å²) in [6.45, 7) is 4.60. The van der Waals surface area contributed by atoms with E-state index in [-0.39, 0.29) is 0 Å². The smallest absolute Gasteiger partial charge is 0.140 e. The molecule has 0 radical (unpaired) electrons. The molecule has 0 amide bonds. The van der Waals surface area contributed by atoms with E-state index in [1.165, 1.54) is 9.75 Å². The van der Waals surface area contributed by atoms with Gasteiger partial charge in [0.25, 0.3) is 0 Å². The van der Waals surface area contributed by atoms with E-state index >= 15 is 0 Å². The van der Waals surface area contributed by atoms with E-state index in [2.05, 4.69) is 40.3 Å². The molecular weight excluding hydrogens is 393 g/mol.